The lowest BCUT2D eigenvalue weighted by molar-refractivity contribution is -0.149. The van der Waals surface area contributed by atoms with E-state index in [0.717, 1.165) is 25.7 Å². The summed E-state index contributed by atoms with van der Waals surface area (Å²) >= 11 is 3.61. The van der Waals surface area contributed by atoms with Crippen molar-refractivity contribution in [2.75, 3.05) is 7.11 Å². The molecule has 0 N–H and O–H groups in total. The number of rotatable bonds is 1. The Hall–Kier alpha value is -0.570. The monoisotopic (exact) mass is 270 g/mol. The molecule has 2 atom stereocenters. The van der Waals surface area contributed by atoms with Crippen LogP contribution in [0, 0.1) is 11.3 Å². The molecule has 0 radical (unpaired) electrons. The highest BCUT2D eigenvalue weighted by Gasteiger charge is 2.47. The van der Waals surface area contributed by atoms with Crippen LogP contribution < -0.4 is 0 Å². The Morgan fingerprint density at radius 1 is 1.60 bits per heavy atom. The van der Waals surface area contributed by atoms with E-state index in [1.165, 1.54) is 11.6 Å². The van der Waals surface area contributed by atoms with Crippen LogP contribution in [0.15, 0.2) is 22.7 Å². The average Bonchev–Trinajstić information content (AvgIpc) is 2.61. The number of carbonyl (C=O) groups excluding carboxylic acids is 1. The minimum atomic E-state index is -0.0772. The predicted molar refractivity (Wildman–Crippen MR) is 62.6 cm³/mol. The summed E-state index contributed by atoms with van der Waals surface area (Å²) in [6.45, 7) is 0. The van der Waals surface area contributed by atoms with Crippen LogP contribution in [0.3, 0.4) is 0 Å². The number of hydrogen-bond acceptors (Lipinski definition) is 2. The van der Waals surface area contributed by atoms with E-state index in [9.17, 15) is 4.79 Å². The number of allylic oxidation sites excluding steroid dienone is 4. The highest BCUT2D eigenvalue weighted by Crippen LogP contribution is 2.54. The van der Waals surface area contributed by atoms with Crippen LogP contribution in [-0.4, -0.2) is 13.1 Å². The quantitative estimate of drug-likeness (QED) is 0.541. The molecule has 0 aromatic rings. The maximum absolute atomic E-state index is 11.8. The molecule has 0 bridgehead atoms. The molecule has 1 spiro atoms. The summed E-state index contributed by atoms with van der Waals surface area (Å²) in [5.41, 5.74) is -0.0121. The number of carbonyl (C=O) groups is 1. The molecule has 0 saturated carbocycles. The van der Waals surface area contributed by atoms with Crippen LogP contribution in [0.25, 0.3) is 0 Å². The van der Waals surface area contributed by atoms with Gasteiger partial charge in [0.15, 0.2) is 0 Å². The van der Waals surface area contributed by atoms with E-state index in [2.05, 4.69) is 34.2 Å². The highest BCUT2D eigenvalue weighted by atomic mass is 79.9. The van der Waals surface area contributed by atoms with Crippen LogP contribution in [-0.2, 0) is 9.53 Å². The third-order valence-corrected chi connectivity index (χ3v) is 4.68. The molecular weight excluding hydrogens is 256 g/mol. The SMILES string of the molecule is COC(=O)C1CC=CCC12CCC=C2Br. The minimum absolute atomic E-state index is 0.0121. The van der Waals surface area contributed by atoms with E-state index in [-0.39, 0.29) is 17.3 Å². The lowest BCUT2D eigenvalue weighted by Crippen LogP contribution is -2.36. The van der Waals surface area contributed by atoms with Crippen molar-refractivity contribution in [1.29, 1.82) is 0 Å². The standard InChI is InChI=1S/C12H15BrO2/c1-15-11(14)9-5-2-3-7-12(9)8-4-6-10(12)13/h2-3,6,9H,4-5,7-8H2,1H3. The van der Waals surface area contributed by atoms with Crippen molar-refractivity contribution in [1.82, 2.24) is 0 Å². The average molecular weight is 271 g/mol. The van der Waals surface area contributed by atoms with Gasteiger partial charge in [0.1, 0.15) is 0 Å². The topological polar surface area (TPSA) is 26.3 Å². The first-order valence-corrected chi connectivity index (χ1v) is 6.09. The summed E-state index contributed by atoms with van der Waals surface area (Å²) in [6.07, 6.45) is 10.3. The summed E-state index contributed by atoms with van der Waals surface area (Å²) in [5, 5.41) is 0. The molecule has 3 heteroatoms. The lowest BCUT2D eigenvalue weighted by atomic mass is 9.68. The maximum Gasteiger partial charge on any atom is 0.309 e. The van der Waals surface area contributed by atoms with Crippen LogP contribution in [0.5, 0.6) is 0 Å². The van der Waals surface area contributed by atoms with Crippen molar-refractivity contribution in [3.05, 3.63) is 22.7 Å². The van der Waals surface area contributed by atoms with E-state index in [1.807, 2.05) is 0 Å². The zero-order valence-electron chi connectivity index (χ0n) is 8.83. The van der Waals surface area contributed by atoms with Crippen LogP contribution in [0.1, 0.15) is 25.7 Å². The fourth-order valence-electron chi connectivity index (χ4n) is 2.68. The van der Waals surface area contributed by atoms with Gasteiger partial charge in [0, 0.05) is 5.41 Å². The van der Waals surface area contributed by atoms with Crippen molar-refractivity contribution in [3.63, 3.8) is 0 Å². The number of hydrogen-bond donors (Lipinski definition) is 0. The first-order valence-electron chi connectivity index (χ1n) is 5.29. The second kappa shape index (κ2) is 4.12. The number of methoxy groups -OCH3 is 1. The van der Waals surface area contributed by atoms with Gasteiger partial charge in [0.2, 0.25) is 0 Å². The van der Waals surface area contributed by atoms with Crippen molar-refractivity contribution in [2.24, 2.45) is 11.3 Å². The maximum atomic E-state index is 11.8. The highest BCUT2D eigenvalue weighted by molar-refractivity contribution is 9.11. The molecule has 0 aromatic heterocycles. The van der Waals surface area contributed by atoms with Gasteiger partial charge in [0.25, 0.3) is 0 Å². The molecule has 15 heavy (non-hydrogen) atoms. The largest absolute Gasteiger partial charge is 0.469 e. The Bertz CT molecular complexity index is 333. The first kappa shape index (κ1) is 10.9. The van der Waals surface area contributed by atoms with E-state index in [1.54, 1.807) is 0 Å². The molecule has 0 heterocycles. The van der Waals surface area contributed by atoms with Crippen molar-refractivity contribution < 1.29 is 9.53 Å². The van der Waals surface area contributed by atoms with Crippen LogP contribution in [0.2, 0.25) is 0 Å². The van der Waals surface area contributed by atoms with Crippen molar-refractivity contribution in [2.45, 2.75) is 25.7 Å². The molecule has 2 aliphatic rings. The lowest BCUT2D eigenvalue weighted by Gasteiger charge is -2.37. The van der Waals surface area contributed by atoms with Crippen molar-refractivity contribution >= 4 is 21.9 Å². The summed E-state index contributed by atoms with van der Waals surface area (Å²) in [5.74, 6) is -0.0905. The van der Waals surface area contributed by atoms with Gasteiger partial charge in [-0.15, -0.1) is 0 Å². The molecule has 0 aromatic carbocycles. The Labute approximate surface area is 98.5 Å². The molecule has 82 valence electrons. The fourth-order valence-corrected chi connectivity index (χ4v) is 3.54. The van der Waals surface area contributed by atoms with Gasteiger partial charge in [-0.1, -0.05) is 34.2 Å². The fraction of sp³-hybridized carbons (Fsp3) is 0.583. The second-order valence-electron chi connectivity index (χ2n) is 4.23. The molecule has 0 amide bonds. The Morgan fingerprint density at radius 2 is 2.40 bits per heavy atom. The smallest absolute Gasteiger partial charge is 0.309 e. The third-order valence-electron chi connectivity index (χ3n) is 3.56. The summed E-state index contributed by atoms with van der Waals surface area (Å²) in [7, 11) is 1.47. The van der Waals surface area contributed by atoms with Crippen molar-refractivity contribution in [3.8, 4) is 0 Å². The molecule has 2 unspecified atom stereocenters. The van der Waals surface area contributed by atoms with E-state index >= 15 is 0 Å². The normalized spacial score (nSPS) is 34.3. The number of ether oxygens (including phenoxy) is 1. The van der Waals surface area contributed by atoms with E-state index in [0.29, 0.717) is 0 Å². The molecule has 2 nitrogen and oxygen atoms in total. The Balaban J connectivity index is 2.32. The molecule has 0 aliphatic heterocycles. The zero-order chi connectivity index (χ0) is 10.9. The summed E-state index contributed by atoms with van der Waals surface area (Å²) in [6, 6.07) is 0. The summed E-state index contributed by atoms with van der Waals surface area (Å²) < 4.78 is 6.09. The van der Waals surface area contributed by atoms with Gasteiger partial charge in [-0.25, -0.2) is 0 Å². The minimum Gasteiger partial charge on any atom is -0.469 e. The van der Waals surface area contributed by atoms with Gasteiger partial charge in [-0.05, 0) is 30.2 Å². The molecule has 0 fully saturated rings. The summed E-state index contributed by atoms with van der Waals surface area (Å²) in [4.78, 5) is 11.8. The Kier molecular flexibility index (Phi) is 3.01. The van der Waals surface area contributed by atoms with Gasteiger partial charge >= 0.3 is 5.97 Å². The first-order chi connectivity index (χ1) is 7.20. The number of esters is 1. The third kappa shape index (κ3) is 1.67. The Morgan fingerprint density at radius 3 is 3.00 bits per heavy atom. The van der Waals surface area contributed by atoms with Crippen LogP contribution >= 0.6 is 15.9 Å². The molecule has 0 saturated heterocycles. The number of halogens is 1. The van der Waals surface area contributed by atoms with E-state index in [4.69, 9.17) is 4.74 Å². The molecular formula is C12H15BrO2. The molecule has 2 aliphatic carbocycles. The predicted octanol–water partition coefficient (Wildman–Crippen LogP) is 3.18. The van der Waals surface area contributed by atoms with Gasteiger partial charge < -0.3 is 4.74 Å². The van der Waals surface area contributed by atoms with Gasteiger partial charge in [0.05, 0.1) is 13.0 Å². The van der Waals surface area contributed by atoms with Gasteiger partial charge in [-0.2, -0.15) is 0 Å². The second-order valence-corrected chi connectivity index (χ2v) is 5.09. The van der Waals surface area contributed by atoms with Gasteiger partial charge in [-0.3, -0.25) is 4.79 Å². The molecule has 2 rings (SSSR count). The zero-order valence-corrected chi connectivity index (χ0v) is 10.4. The van der Waals surface area contributed by atoms with E-state index < -0.39 is 0 Å². The van der Waals surface area contributed by atoms with Crippen LogP contribution in [0.4, 0.5) is 0 Å².